The van der Waals surface area contributed by atoms with Crippen LogP contribution in [0.2, 0.25) is 0 Å². The van der Waals surface area contributed by atoms with Crippen LogP contribution in [0.5, 0.6) is 0 Å². The van der Waals surface area contributed by atoms with Crippen LogP contribution in [0.3, 0.4) is 0 Å². The van der Waals surface area contributed by atoms with E-state index in [9.17, 15) is 13.2 Å². The number of alkyl halides is 4. The smallest absolute Gasteiger partial charge is 0.308 e. The Balaban J connectivity index is 1.58. The third kappa shape index (κ3) is 4.01. The predicted molar refractivity (Wildman–Crippen MR) is 109 cm³/mol. The van der Waals surface area contributed by atoms with Crippen LogP contribution in [0.1, 0.15) is 22.8 Å². The number of fused-ring (bicyclic) bond motifs is 1. The molecule has 1 aromatic carbocycles. The molecule has 0 saturated carbocycles. The van der Waals surface area contributed by atoms with E-state index in [1.165, 1.54) is 15.4 Å². The minimum absolute atomic E-state index is 0.00410. The number of anilines is 2. The summed E-state index contributed by atoms with van der Waals surface area (Å²) >= 11 is 0. The molecule has 4 heterocycles. The second-order valence-corrected chi connectivity index (χ2v) is 8.03. The summed E-state index contributed by atoms with van der Waals surface area (Å²) in [6, 6.07) is 8.62. The number of rotatable bonds is 6. The topological polar surface area (TPSA) is 74.1 Å². The van der Waals surface area contributed by atoms with Crippen LogP contribution in [0.15, 0.2) is 42.5 Å². The Bertz CT molecular complexity index is 1300. The van der Waals surface area contributed by atoms with Crippen LogP contribution in [0, 0.1) is 12.7 Å². The van der Waals surface area contributed by atoms with Crippen LogP contribution < -0.4 is 5.32 Å². The van der Waals surface area contributed by atoms with Crippen molar-refractivity contribution in [1.29, 1.82) is 0 Å². The lowest BCUT2D eigenvalue weighted by atomic mass is 10.1. The van der Waals surface area contributed by atoms with Gasteiger partial charge in [-0.2, -0.15) is 18.9 Å². The fourth-order valence-corrected chi connectivity index (χ4v) is 3.76. The summed E-state index contributed by atoms with van der Waals surface area (Å²) in [5.41, 5.74) is 0.963. The molecule has 12 heteroatoms. The van der Waals surface area contributed by atoms with Crippen molar-refractivity contribution in [3.05, 3.63) is 71.1 Å². The number of benzene rings is 1. The molecule has 1 saturated heterocycles. The first kappa shape index (κ1) is 21.3. The first-order valence-electron chi connectivity index (χ1n) is 10.0. The van der Waals surface area contributed by atoms with Crippen molar-refractivity contribution in [2.45, 2.75) is 25.3 Å². The minimum Gasteiger partial charge on any atom is -0.308 e. The number of halogens is 5. The lowest BCUT2D eigenvalue weighted by Crippen LogP contribution is -2.55. The van der Waals surface area contributed by atoms with E-state index in [-0.39, 0.29) is 31.2 Å². The van der Waals surface area contributed by atoms with Crippen molar-refractivity contribution in [2.75, 3.05) is 18.4 Å². The van der Waals surface area contributed by atoms with Crippen molar-refractivity contribution < 1.29 is 22.0 Å². The highest BCUT2D eigenvalue weighted by Gasteiger charge is 2.44. The van der Waals surface area contributed by atoms with E-state index in [1.807, 2.05) is 0 Å². The number of H-pyrrole nitrogens is 1. The van der Waals surface area contributed by atoms with Gasteiger partial charge in [0.1, 0.15) is 11.5 Å². The second kappa shape index (κ2) is 7.51. The lowest BCUT2D eigenvalue weighted by Gasteiger charge is -2.38. The number of hydrogen-bond acceptors (Lipinski definition) is 5. The van der Waals surface area contributed by atoms with Crippen molar-refractivity contribution >= 4 is 17.4 Å². The molecule has 1 fully saturated rings. The van der Waals surface area contributed by atoms with Gasteiger partial charge >= 0.3 is 5.92 Å². The molecular formula is C21H18F5N7. The molecule has 1 aliphatic heterocycles. The summed E-state index contributed by atoms with van der Waals surface area (Å²) in [5, 5.41) is 9.69. The summed E-state index contributed by atoms with van der Waals surface area (Å²) in [6.07, 6.45) is 0. The first-order valence-corrected chi connectivity index (χ1v) is 10.0. The average molecular weight is 463 g/mol. The molecule has 3 aromatic heterocycles. The normalized spacial score (nSPS) is 16.2. The number of nitrogens with one attached hydrogen (secondary N) is 2. The van der Waals surface area contributed by atoms with Crippen molar-refractivity contribution in [2.24, 2.45) is 0 Å². The van der Waals surface area contributed by atoms with Crippen LogP contribution in [0.25, 0.3) is 5.65 Å². The van der Waals surface area contributed by atoms with Crippen molar-refractivity contribution in [3.8, 4) is 0 Å². The van der Waals surface area contributed by atoms with Gasteiger partial charge in [0.25, 0.3) is 5.92 Å². The van der Waals surface area contributed by atoms with Gasteiger partial charge in [-0.3, -0.25) is 14.4 Å². The molecule has 33 heavy (non-hydrogen) atoms. The van der Waals surface area contributed by atoms with Crippen LogP contribution in [-0.2, 0) is 12.5 Å². The fraction of sp³-hybridized carbons (Fsp3) is 0.286. The number of aromatic nitrogens is 5. The van der Waals surface area contributed by atoms with E-state index in [1.54, 1.807) is 19.1 Å². The van der Waals surface area contributed by atoms with Gasteiger partial charge in [-0.1, -0.05) is 0 Å². The van der Waals surface area contributed by atoms with Gasteiger partial charge in [-0.05, 0) is 43.3 Å². The van der Waals surface area contributed by atoms with E-state index >= 15 is 8.78 Å². The molecule has 0 aliphatic carbocycles. The number of likely N-dealkylation sites (tertiary alicyclic amines) is 1. The maximum atomic E-state index is 15.2. The number of aromatic amines is 1. The second-order valence-electron chi connectivity index (χ2n) is 8.03. The van der Waals surface area contributed by atoms with Gasteiger partial charge < -0.3 is 5.32 Å². The number of hydrogen-bond donors (Lipinski definition) is 2. The molecule has 172 valence electrons. The molecule has 4 aromatic rings. The molecule has 0 unspecified atom stereocenters. The molecule has 2 N–H and O–H groups in total. The number of nitrogens with zero attached hydrogens (tertiary/aromatic N) is 5. The Kier molecular flexibility index (Phi) is 4.85. The standard InChI is InChI=1S/C21H18F5N7/c1-12-8-16(31-30-12)27-19-29-18(21(25,26)13-2-4-14(22)5-3-13)28-17-7-6-15(33(17)19)9-32-10-20(23,24)11-32/h2-8H,9-11H2,1H3,(H2,27,28,29,30,31). The van der Waals surface area contributed by atoms with E-state index in [0.29, 0.717) is 11.5 Å². The minimum atomic E-state index is -3.61. The molecule has 0 amide bonds. The van der Waals surface area contributed by atoms with Gasteiger partial charge in [0.05, 0.1) is 13.1 Å². The molecular weight excluding hydrogens is 445 g/mol. The Morgan fingerprint density at radius 1 is 1.09 bits per heavy atom. The summed E-state index contributed by atoms with van der Waals surface area (Å²) < 4.78 is 71.7. The third-order valence-corrected chi connectivity index (χ3v) is 5.31. The Labute approximate surface area is 184 Å². The highest BCUT2D eigenvalue weighted by molar-refractivity contribution is 5.56. The van der Waals surface area contributed by atoms with E-state index in [0.717, 1.165) is 30.0 Å². The Morgan fingerprint density at radius 3 is 2.45 bits per heavy atom. The molecule has 0 bridgehead atoms. The van der Waals surface area contributed by atoms with Crippen LogP contribution >= 0.6 is 0 Å². The van der Waals surface area contributed by atoms with Crippen LogP contribution in [0.4, 0.5) is 33.7 Å². The monoisotopic (exact) mass is 463 g/mol. The summed E-state index contributed by atoms with van der Waals surface area (Å²) in [4.78, 5) is 9.62. The molecule has 0 atom stereocenters. The van der Waals surface area contributed by atoms with E-state index in [4.69, 9.17) is 0 Å². The van der Waals surface area contributed by atoms with Gasteiger partial charge in [0.15, 0.2) is 5.82 Å². The van der Waals surface area contributed by atoms with Gasteiger partial charge in [0, 0.05) is 29.6 Å². The van der Waals surface area contributed by atoms with E-state index in [2.05, 4.69) is 25.5 Å². The maximum absolute atomic E-state index is 15.2. The molecule has 0 spiro atoms. The Hall–Kier alpha value is -3.54. The lowest BCUT2D eigenvalue weighted by molar-refractivity contribution is -0.134. The van der Waals surface area contributed by atoms with Gasteiger partial charge in [-0.25, -0.2) is 18.2 Å². The molecule has 7 nitrogen and oxygen atoms in total. The predicted octanol–water partition coefficient (Wildman–Crippen LogP) is 4.23. The van der Waals surface area contributed by atoms with Crippen LogP contribution in [-0.4, -0.2) is 48.5 Å². The van der Waals surface area contributed by atoms with Crippen molar-refractivity contribution in [3.63, 3.8) is 0 Å². The zero-order chi connectivity index (χ0) is 23.4. The van der Waals surface area contributed by atoms with Gasteiger partial charge in [0.2, 0.25) is 11.8 Å². The quantitative estimate of drug-likeness (QED) is 0.419. The zero-order valence-electron chi connectivity index (χ0n) is 17.3. The SMILES string of the molecule is Cc1cc(Nc2nc(C(F)(F)c3ccc(F)cc3)nc3ccc(CN4CC(F)(F)C4)n23)n[nH]1. The highest BCUT2D eigenvalue weighted by atomic mass is 19.3. The van der Waals surface area contributed by atoms with Crippen molar-refractivity contribution in [1.82, 2.24) is 29.5 Å². The largest absolute Gasteiger partial charge is 0.331 e. The molecule has 0 radical (unpaired) electrons. The van der Waals surface area contributed by atoms with E-state index < -0.39 is 29.1 Å². The number of aryl methyl sites for hydroxylation is 1. The first-order chi connectivity index (χ1) is 15.6. The summed E-state index contributed by atoms with van der Waals surface area (Å²) in [7, 11) is 0. The molecule has 5 rings (SSSR count). The Morgan fingerprint density at radius 2 is 1.82 bits per heavy atom. The fourth-order valence-electron chi connectivity index (χ4n) is 3.76. The highest BCUT2D eigenvalue weighted by Crippen LogP contribution is 2.35. The third-order valence-electron chi connectivity index (χ3n) is 5.31. The summed E-state index contributed by atoms with van der Waals surface area (Å²) in [5.74, 6) is -7.46. The summed E-state index contributed by atoms with van der Waals surface area (Å²) in [6.45, 7) is 1.16. The average Bonchev–Trinajstić information content (AvgIpc) is 3.33. The maximum Gasteiger partial charge on any atom is 0.331 e. The van der Waals surface area contributed by atoms with Gasteiger partial charge in [-0.15, -0.1) is 0 Å². The zero-order valence-corrected chi connectivity index (χ0v) is 17.3. The molecule has 1 aliphatic rings.